The van der Waals surface area contributed by atoms with Crippen molar-refractivity contribution in [1.29, 1.82) is 0 Å². The van der Waals surface area contributed by atoms with Gasteiger partial charge in [-0.3, -0.25) is 4.79 Å². The fourth-order valence-corrected chi connectivity index (χ4v) is 2.06. The predicted octanol–water partition coefficient (Wildman–Crippen LogP) is 2.56. The van der Waals surface area contributed by atoms with E-state index in [1.54, 1.807) is 0 Å². The van der Waals surface area contributed by atoms with Crippen LogP contribution in [0.3, 0.4) is 0 Å². The van der Waals surface area contributed by atoms with Gasteiger partial charge in [-0.2, -0.15) is 0 Å². The van der Waals surface area contributed by atoms with E-state index >= 15 is 0 Å². The van der Waals surface area contributed by atoms with Gasteiger partial charge in [0.05, 0.1) is 5.92 Å². The van der Waals surface area contributed by atoms with E-state index < -0.39 is 11.9 Å². The molecule has 98 valence electrons. The molecule has 3 nitrogen and oxygen atoms in total. The third-order valence-corrected chi connectivity index (χ3v) is 3.15. The Morgan fingerprint density at radius 3 is 2.37 bits per heavy atom. The van der Waals surface area contributed by atoms with Crippen molar-refractivity contribution in [1.82, 2.24) is 0 Å². The molecule has 0 saturated carbocycles. The van der Waals surface area contributed by atoms with E-state index in [0.717, 1.165) is 16.7 Å². The third-order valence-electron chi connectivity index (χ3n) is 3.15. The molecular weight excluding hydrogens is 238 g/mol. The molecule has 2 rings (SSSR count). The molecule has 0 radical (unpaired) electrons. The number of carboxylic acids is 1. The molecule has 0 aromatic heterocycles. The standard InChI is InChI=1S/C16H17NO2/c17-11-15(16(18)19)10-12-5-4-8-14(9-12)13-6-2-1-3-7-13/h1-9,15H,10-11,17H2,(H,18,19)/t15-/m1/s1. The summed E-state index contributed by atoms with van der Waals surface area (Å²) < 4.78 is 0. The van der Waals surface area contributed by atoms with E-state index in [4.69, 9.17) is 10.8 Å². The van der Waals surface area contributed by atoms with Crippen LogP contribution in [0.1, 0.15) is 5.56 Å². The van der Waals surface area contributed by atoms with Crippen LogP contribution < -0.4 is 5.73 Å². The number of nitrogens with two attached hydrogens (primary N) is 1. The Morgan fingerprint density at radius 2 is 1.74 bits per heavy atom. The molecule has 3 heteroatoms. The maximum Gasteiger partial charge on any atom is 0.308 e. The molecule has 0 heterocycles. The quantitative estimate of drug-likeness (QED) is 0.863. The van der Waals surface area contributed by atoms with Crippen LogP contribution >= 0.6 is 0 Å². The SMILES string of the molecule is NC[C@@H](Cc1cccc(-c2ccccc2)c1)C(=O)O. The summed E-state index contributed by atoms with van der Waals surface area (Å²) in [7, 11) is 0. The van der Waals surface area contributed by atoms with Crippen molar-refractivity contribution < 1.29 is 9.90 Å². The van der Waals surface area contributed by atoms with Crippen LogP contribution in [-0.4, -0.2) is 17.6 Å². The monoisotopic (exact) mass is 255 g/mol. The number of rotatable bonds is 5. The zero-order valence-electron chi connectivity index (χ0n) is 10.6. The van der Waals surface area contributed by atoms with Gasteiger partial charge in [-0.25, -0.2) is 0 Å². The maximum atomic E-state index is 11.0. The number of aliphatic carboxylic acids is 1. The molecule has 0 aliphatic heterocycles. The van der Waals surface area contributed by atoms with E-state index in [1.165, 1.54) is 0 Å². The minimum Gasteiger partial charge on any atom is -0.481 e. The lowest BCUT2D eigenvalue weighted by Crippen LogP contribution is -2.25. The van der Waals surface area contributed by atoms with Crippen LogP contribution in [0.4, 0.5) is 0 Å². The molecular formula is C16H17NO2. The molecule has 19 heavy (non-hydrogen) atoms. The fourth-order valence-electron chi connectivity index (χ4n) is 2.06. The van der Waals surface area contributed by atoms with Crippen LogP contribution in [0.15, 0.2) is 54.6 Å². The van der Waals surface area contributed by atoms with Crippen molar-refractivity contribution in [3.63, 3.8) is 0 Å². The van der Waals surface area contributed by atoms with Gasteiger partial charge in [0.25, 0.3) is 0 Å². The Hall–Kier alpha value is -2.13. The van der Waals surface area contributed by atoms with Crippen molar-refractivity contribution >= 4 is 5.97 Å². The van der Waals surface area contributed by atoms with Gasteiger partial charge in [0, 0.05) is 6.54 Å². The fraction of sp³-hybridized carbons (Fsp3) is 0.188. The summed E-state index contributed by atoms with van der Waals surface area (Å²) in [6.07, 6.45) is 0.465. The van der Waals surface area contributed by atoms with Gasteiger partial charge >= 0.3 is 5.97 Å². The van der Waals surface area contributed by atoms with Gasteiger partial charge in [-0.15, -0.1) is 0 Å². The van der Waals surface area contributed by atoms with E-state index in [0.29, 0.717) is 6.42 Å². The van der Waals surface area contributed by atoms with Gasteiger partial charge in [0.2, 0.25) is 0 Å². The van der Waals surface area contributed by atoms with Crippen molar-refractivity contribution in [2.45, 2.75) is 6.42 Å². The van der Waals surface area contributed by atoms with E-state index in [-0.39, 0.29) is 6.54 Å². The van der Waals surface area contributed by atoms with Crippen molar-refractivity contribution in [2.24, 2.45) is 11.7 Å². The molecule has 1 atom stereocenters. The summed E-state index contributed by atoms with van der Waals surface area (Å²) in [4.78, 5) is 11.0. The van der Waals surface area contributed by atoms with Gasteiger partial charge in [0.15, 0.2) is 0 Å². The smallest absolute Gasteiger partial charge is 0.308 e. The summed E-state index contributed by atoms with van der Waals surface area (Å²) in [5.41, 5.74) is 8.71. The maximum absolute atomic E-state index is 11.0. The molecule has 0 aliphatic rings. The number of carboxylic acid groups (broad SMARTS) is 1. The second-order valence-corrected chi connectivity index (χ2v) is 4.54. The van der Waals surface area contributed by atoms with Gasteiger partial charge < -0.3 is 10.8 Å². The van der Waals surface area contributed by atoms with Crippen LogP contribution in [0.5, 0.6) is 0 Å². The molecule has 0 spiro atoms. The molecule has 2 aromatic rings. The third kappa shape index (κ3) is 3.42. The van der Waals surface area contributed by atoms with Gasteiger partial charge in [-0.1, -0.05) is 54.6 Å². The second-order valence-electron chi connectivity index (χ2n) is 4.54. The number of carbonyl (C=O) groups is 1. The average Bonchev–Trinajstić information content (AvgIpc) is 2.45. The molecule has 0 saturated heterocycles. The first-order valence-electron chi connectivity index (χ1n) is 6.28. The number of hydrogen-bond acceptors (Lipinski definition) is 2. The predicted molar refractivity (Wildman–Crippen MR) is 75.8 cm³/mol. The Bertz CT molecular complexity index is 552. The summed E-state index contributed by atoms with van der Waals surface area (Å²) in [6, 6.07) is 18.0. The zero-order chi connectivity index (χ0) is 13.7. The lowest BCUT2D eigenvalue weighted by Gasteiger charge is -2.10. The minimum atomic E-state index is -0.840. The summed E-state index contributed by atoms with van der Waals surface area (Å²) in [5, 5.41) is 9.04. The summed E-state index contributed by atoms with van der Waals surface area (Å²) >= 11 is 0. The van der Waals surface area contributed by atoms with Crippen molar-refractivity contribution in [2.75, 3.05) is 6.54 Å². The van der Waals surface area contributed by atoms with Gasteiger partial charge in [-0.05, 0) is 23.1 Å². The summed E-state index contributed by atoms with van der Waals surface area (Å²) in [5.74, 6) is -1.36. The minimum absolute atomic E-state index is 0.158. The van der Waals surface area contributed by atoms with E-state index in [2.05, 4.69) is 0 Å². The highest BCUT2D eigenvalue weighted by Crippen LogP contribution is 2.21. The summed E-state index contributed by atoms with van der Waals surface area (Å²) in [6.45, 7) is 0.158. The molecule has 0 fully saturated rings. The first-order valence-corrected chi connectivity index (χ1v) is 6.28. The number of hydrogen-bond donors (Lipinski definition) is 2. The Balaban J connectivity index is 2.23. The van der Waals surface area contributed by atoms with Crippen molar-refractivity contribution in [3.8, 4) is 11.1 Å². The Morgan fingerprint density at radius 1 is 1.05 bits per heavy atom. The van der Waals surface area contributed by atoms with Gasteiger partial charge in [0.1, 0.15) is 0 Å². The number of benzene rings is 2. The average molecular weight is 255 g/mol. The first kappa shape index (κ1) is 13.3. The Kier molecular flexibility index (Phi) is 4.31. The molecule has 3 N–H and O–H groups in total. The molecule has 0 bridgehead atoms. The van der Waals surface area contributed by atoms with Crippen LogP contribution in [-0.2, 0) is 11.2 Å². The van der Waals surface area contributed by atoms with E-state index in [9.17, 15) is 4.79 Å². The first-order chi connectivity index (χ1) is 9.20. The van der Waals surface area contributed by atoms with E-state index in [1.807, 2.05) is 54.6 Å². The molecule has 2 aromatic carbocycles. The lowest BCUT2D eigenvalue weighted by molar-refractivity contribution is -0.141. The van der Waals surface area contributed by atoms with Crippen LogP contribution in [0, 0.1) is 5.92 Å². The highest BCUT2D eigenvalue weighted by molar-refractivity contribution is 5.71. The lowest BCUT2D eigenvalue weighted by atomic mass is 9.96. The highest BCUT2D eigenvalue weighted by atomic mass is 16.4. The van der Waals surface area contributed by atoms with Crippen LogP contribution in [0.25, 0.3) is 11.1 Å². The highest BCUT2D eigenvalue weighted by Gasteiger charge is 2.15. The zero-order valence-corrected chi connectivity index (χ0v) is 10.6. The largest absolute Gasteiger partial charge is 0.481 e. The van der Waals surface area contributed by atoms with Crippen molar-refractivity contribution in [3.05, 3.63) is 60.2 Å². The topological polar surface area (TPSA) is 63.3 Å². The molecule has 0 aliphatic carbocycles. The normalized spacial score (nSPS) is 12.1. The second kappa shape index (κ2) is 6.16. The molecule has 0 unspecified atom stereocenters. The molecule has 0 amide bonds. The van der Waals surface area contributed by atoms with Crippen LogP contribution in [0.2, 0.25) is 0 Å². The Labute approximate surface area is 112 Å².